The van der Waals surface area contributed by atoms with Crippen LogP contribution in [0.3, 0.4) is 0 Å². The normalized spacial score (nSPS) is 15.6. The maximum Gasteiger partial charge on any atom is 0.320 e. The Morgan fingerprint density at radius 2 is 2.43 bits per heavy atom. The minimum Gasteiger partial charge on any atom is -0.350 e. The van der Waals surface area contributed by atoms with Crippen LogP contribution >= 0.6 is 0 Å². The molecule has 1 amide bonds. The lowest BCUT2D eigenvalue weighted by Gasteiger charge is -1.98. The molecule has 0 atom stereocenters. The molecule has 7 heteroatoms. The van der Waals surface area contributed by atoms with Gasteiger partial charge in [0, 0.05) is 13.1 Å². The Morgan fingerprint density at radius 3 is 3.14 bits per heavy atom. The summed E-state index contributed by atoms with van der Waals surface area (Å²) in [6.45, 7) is 1.06. The number of aromatic nitrogens is 2. The third-order valence-corrected chi connectivity index (χ3v) is 2.06. The van der Waals surface area contributed by atoms with Crippen LogP contribution in [-0.2, 0) is 6.54 Å². The smallest absolute Gasteiger partial charge is 0.320 e. The van der Waals surface area contributed by atoms with Crippen molar-refractivity contribution in [3.05, 3.63) is 22.0 Å². The van der Waals surface area contributed by atoms with E-state index in [0.29, 0.717) is 13.1 Å². The molecule has 0 unspecified atom stereocenters. The predicted molar refractivity (Wildman–Crippen MR) is 45.8 cm³/mol. The fraction of sp³-hybridized carbons (Fsp3) is 0.429. The first kappa shape index (κ1) is 8.67. The zero-order valence-electron chi connectivity index (χ0n) is 7.27. The Balaban J connectivity index is 2.52. The maximum atomic E-state index is 11.4. The number of fused-ring (bicyclic) bond motifs is 1. The second kappa shape index (κ2) is 3.09. The number of carbonyl (C=O) groups excluding carboxylic acids is 1. The van der Waals surface area contributed by atoms with Gasteiger partial charge in [-0.05, 0) is 6.42 Å². The zero-order chi connectivity index (χ0) is 10.1. The van der Waals surface area contributed by atoms with Crippen molar-refractivity contribution >= 4 is 11.6 Å². The predicted octanol–water partition coefficient (Wildman–Crippen LogP) is -0.0752. The Morgan fingerprint density at radius 1 is 1.64 bits per heavy atom. The van der Waals surface area contributed by atoms with E-state index in [0.717, 1.165) is 12.6 Å². The van der Waals surface area contributed by atoms with Crippen LogP contribution in [0.2, 0.25) is 0 Å². The van der Waals surface area contributed by atoms with E-state index in [4.69, 9.17) is 0 Å². The fourth-order valence-electron chi connectivity index (χ4n) is 1.43. The van der Waals surface area contributed by atoms with Crippen LogP contribution in [0.25, 0.3) is 0 Å². The van der Waals surface area contributed by atoms with Crippen LogP contribution in [0.5, 0.6) is 0 Å². The van der Waals surface area contributed by atoms with E-state index < -0.39 is 10.8 Å². The maximum absolute atomic E-state index is 11.4. The number of nitro groups is 1. The van der Waals surface area contributed by atoms with Crippen molar-refractivity contribution in [1.29, 1.82) is 0 Å². The molecule has 0 saturated heterocycles. The highest BCUT2D eigenvalue weighted by atomic mass is 16.6. The van der Waals surface area contributed by atoms with Crippen molar-refractivity contribution in [2.24, 2.45) is 0 Å². The van der Waals surface area contributed by atoms with E-state index in [1.54, 1.807) is 0 Å². The van der Waals surface area contributed by atoms with E-state index in [9.17, 15) is 14.9 Å². The van der Waals surface area contributed by atoms with Gasteiger partial charge >= 0.3 is 5.69 Å². The number of amides is 1. The summed E-state index contributed by atoms with van der Waals surface area (Å²) in [5, 5.41) is 16.9. The monoisotopic (exact) mass is 196 g/mol. The van der Waals surface area contributed by atoms with Crippen molar-refractivity contribution < 1.29 is 9.72 Å². The summed E-state index contributed by atoms with van der Waals surface area (Å²) in [4.78, 5) is 21.4. The van der Waals surface area contributed by atoms with Gasteiger partial charge < -0.3 is 5.32 Å². The van der Waals surface area contributed by atoms with E-state index in [2.05, 4.69) is 10.4 Å². The van der Waals surface area contributed by atoms with Gasteiger partial charge in [0.05, 0.1) is 4.92 Å². The molecule has 14 heavy (non-hydrogen) atoms. The van der Waals surface area contributed by atoms with Crippen LogP contribution in [0.15, 0.2) is 6.20 Å². The molecule has 1 aromatic heterocycles. The first-order valence-corrected chi connectivity index (χ1v) is 4.18. The Labute approximate surface area is 78.9 Å². The quantitative estimate of drug-likeness (QED) is 0.502. The molecule has 0 aliphatic carbocycles. The molecular weight excluding hydrogens is 188 g/mol. The standard InChI is InChI=1S/C7H8N4O3/c12-7-6-5(11(13)14)4-9-10(6)3-1-2-8-7/h4H,1-3H2,(H,8,12). The molecular formula is C7H8N4O3. The van der Waals surface area contributed by atoms with Gasteiger partial charge in [-0.15, -0.1) is 0 Å². The van der Waals surface area contributed by atoms with E-state index in [1.165, 1.54) is 4.68 Å². The summed E-state index contributed by atoms with van der Waals surface area (Å²) in [6.07, 6.45) is 1.85. The van der Waals surface area contributed by atoms with Crippen LogP contribution in [0.1, 0.15) is 16.9 Å². The molecule has 0 aromatic carbocycles. The van der Waals surface area contributed by atoms with Crippen LogP contribution < -0.4 is 5.32 Å². The molecule has 0 spiro atoms. The number of rotatable bonds is 1. The van der Waals surface area contributed by atoms with Gasteiger partial charge in [-0.2, -0.15) is 5.10 Å². The summed E-state index contributed by atoms with van der Waals surface area (Å²) in [5.41, 5.74) is -0.183. The molecule has 74 valence electrons. The second-order valence-electron chi connectivity index (χ2n) is 2.97. The summed E-state index contributed by atoms with van der Waals surface area (Å²) in [5.74, 6) is -0.424. The fourth-order valence-corrected chi connectivity index (χ4v) is 1.43. The van der Waals surface area contributed by atoms with Crippen molar-refractivity contribution in [2.75, 3.05) is 6.54 Å². The molecule has 2 heterocycles. The summed E-state index contributed by atoms with van der Waals surface area (Å²) in [7, 11) is 0. The van der Waals surface area contributed by atoms with Crippen LogP contribution in [0, 0.1) is 10.1 Å². The minimum absolute atomic E-state index is 0.0486. The minimum atomic E-state index is -0.594. The number of nitrogens with one attached hydrogen (secondary N) is 1. The molecule has 1 aliphatic rings. The van der Waals surface area contributed by atoms with Gasteiger partial charge in [-0.25, -0.2) is 0 Å². The third-order valence-electron chi connectivity index (χ3n) is 2.06. The van der Waals surface area contributed by atoms with E-state index in [1.807, 2.05) is 0 Å². The molecule has 2 rings (SSSR count). The summed E-state index contributed by atoms with van der Waals surface area (Å²) >= 11 is 0. The average Bonchev–Trinajstić information content (AvgIpc) is 2.48. The molecule has 0 saturated carbocycles. The number of nitrogens with zero attached hydrogens (tertiary/aromatic N) is 3. The number of aryl methyl sites for hydroxylation is 1. The molecule has 0 fully saturated rings. The van der Waals surface area contributed by atoms with Gasteiger partial charge in [0.15, 0.2) is 0 Å². The molecule has 0 radical (unpaired) electrons. The lowest BCUT2D eigenvalue weighted by molar-refractivity contribution is -0.385. The van der Waals surface area contributed by atoms with E-state index in [-0.39, 0.29) is 11.4 Å². The summed E-state index contributed by atoms with van der Waals surface area (Å²) < 4.78 is 1.38. The first-order valence-electron chi connectivity index (χ1n) is 4.18. The lowest BCUT2D eigenvalue weighted by atomic mass is 10.3. The highest BCUT2D eigenvalue weighted by molar-refractivity contribution is 5.96. The molecule has 1 aromatic rings. The third kappa shape index (κ3) is 1.22. The molecule has 1 aliphatic heterocycles. The van der Waals surface area contributed by atoms with Crippen molar-refractivity contribution in [2.45, 2.75) is 13.0 Å². The average molecular weight is 196 g/mol. The SMILES string of the molecule is O=C1NCCCn2ncc([N+](=O)[O-])c21. The van der Waals surface area contributed by atoms with E-state index >= 15 is 0 Å². The number of hydrogen-bond donors (Lipinski definition) is 1. The largest absolute Gasteiger partial charge is 0.350 e. The van der Waals surface area contributed by atoms with Gasteiger partial charge in [-0.1, -0.05) is 0 Å². The lowest BCUT2D eigenvalue weighted by Crippen LogP contribution is -2.23. The van der Waals surface area contributed by atoms with Crippen LogP contribution in [-0.4, -0.2) is 27.2 Å². The molecule has 0 bridgehead atoms. The first-order chi connectivity index (χ1) is 6.70. The van der Waals surface area contributed by atoms with Gasteiger partial charge in [0.25, 0.3) is 5.91 Å². The summed E-state index contributed by atoms with van der Waals surface area (Å²) in [6, 6.07) is 0. The molecule has 1 N–H and O–H groups in total. The van der Waals surface area contributed by atoms with Crippen LogP contribution in [0.4, 0.5) is 5.69 Å². The van der Waals surface area contributed by atoms with Gasteiger partial charge in [0.2, 0.25) is 5.69 Å². The Hall–Kier alpha value is -1.92. The van der Waals surface area contributed by atoms with Crippen molar-refractivity contribution in [1.82, 2.24) is 15.1 Å². The van der Waals surface area contributed by atoms with Gasteiger partial charge in [0.1, 0.15) is 6.20 Å². The highest BCUT2D eigenvalue weighted by Crippen LogP contribution is 2.18. The van der Waals surface area contributed by atoms with Crippen molar-refractivity contribution in [3.8, 4) is 0 Å². The van der Waals surface area contributed by atoms with Gasteiger partial charge in [-0.3, -0.25) is 19.6 Å². The highest BCUT2D eigenvalue weighted by Gasteiger charge is 2.27. The topological polar surface area (TPSA) is 90.1 Å². The number of carbonyl (C=O) groups is 1. The Kier molecular flexibility index (Phi) is 1.91. The molecule has 7 nitrogen and oxygen atoms in total. The van der Waals surface area contributed by atoms with Crippen molar-refractivity contribution in [3.63, 3.8) is 0 Å². The zero-order valence-corrected chi connectivity index (χ0v) is 7.27. The number of hydrogen-bond acceptors (Lipinski definition) is 4. The second-order valence-corrected chi connectivity index (χ2v) is 2.97. The Bertz CT molecular complexity index is 398.